The summed E-state index contributed by atoms with van der Waals surface area (Å²) >= 11 is 0. The monoisotopic (exact) mass is 382 g/mol. The Labute approximate surface area is 166 Å². The van der Waals surface area contributed by atoms with E-state index in [9.17, 15) is 4.79 Å². The van der Waals surface area contributed by atoms with Gasteiger partial charge in [-0.15, -0.1) is 0 Å². The zero-order chi connectivity index (χ0) is 19.6. The summed E-state index contributed by atoms with van der Waals surface area (Å²) in [4.78, 5) is 22.1. The minimum absolute atomic E-state index is 0.139. The van der Waals surface area contributed by atoms with Crippen molar-refractivity contribution in [3.63, 3.8) is 0 Å². The zero-order valence-electron chi connectivity index (χ0n) is 15.6. The highest BCUT2D eigenvalue weighted by atomic mass is 16.3. The van der Waals surface area contributed by atoms with Gasteiger partial charge in [-0.3, -0.25) is 4.79 Å². The van der Waals surface area contributed by atoms with Gasteiger partial charge in [-0.25, -0.2) is 9.97 Å². The van der Waals surface area contributed by atoms with Crippen LogP contribution in [0.15, 0.2) is 83.7 Å². The van der Waals surface area contributed by atoms with E-state index in [1.165, 1.54) is 0 Å². The number of nitrogens with zero attached hydrogens (tertiary/aromatic N) is 3. The van der Waals surface area contributed by atoms with E-state index in [1.54, 1.807) is 18.4 Å². The minimum Gasteiger partial charge on any atom is -0.463 e. The number of carbonyl (C=O) groups is 1. The van der Waals surface area contributed by atoms with Crippen LogP contribution < -0.4 is 5.32 Å². The van der Waals surface area contributed by atoms with Crippen LogP contribution in [0.5, 0.6) is 0 Å². The second-order valence-corrected chi connectivity index (χ2v) is 6.75. The normalized spacial score (nSPS) is 11.2. The van der Waals surface area contributed by atoms with E-state index < -0.39 is 0 Å². The highest BCUT2D eigenvalue weighted by molar-refractivity contribution is 6.07. The van der Waals surface area contributed by atoms with Crippen molar-refractivity contribution in [2.24, 2.45) is 0 Å². The third kappa shape index (κ3) is 3.36. The molecule has 6 nitrogen and oxygen atoms in total. The van der Waals surface area contributed by atoms with E-state index >= 15 is 0 Å². The van der Waals surface area contributed by atoms with Gasteiger partial charge in [-0.1, -0.05) is 24.3 Å². The predicted molar refractivity (Wildman–Crippen MR) is 111 cm³/mol. The van der Waals surface area contributed by atoms with Gasteiger partial charge in [0.05, 0.1) is 23.0 Å². The Morgan fingerprint density at radius 1 is 1.03 bits per heavy atom. The summed E-state index contributed by atoms with van der Waals surface area (Å²) in [6.45, 7) is 0.495. The van der Waals surface area contributed by atoms with E-state index in [0.717, 1.165) is 22.2 Å². The molecule has 1 amide bonds. The number of furan rings is 1. The molecule has 142 valence electrons. The molecule has 0 bridgehead atoms. The molecule has 4 heterocycles. The summed E-state index contributed by atoms with van der Waals surface area (Å²) in [5.41, 5.74) is 3.81. The van der Waals surface area contributed by atoms with Gasteiger partial charge in [0.15, 0.2) is 5.76 Å². The van der Waals surface area contributed by atoms with Crippen LogP contribution in [-0.4, -0.2) is 26.8 Å². The standard InChI is InChI=1S/C23H18N4O2/c28-23(24-11-10-16-15-27-12-4-3-9-22(27)25-16)18-14-20(21-8-5-13-29-21)26-19-7-2-1-6-17(18)19/h1-9,12-15H,10-11H2,(H,24,28). The van der Waals surface area contributed by atoms with Crippen molar-refractivity contribution in [2.45, 2.75) is 6.42 Å². The van der Waals surface area contributed by atoms with Crippen molar-refractivity contribution >= 4 is 22.5 Å². The Kier molecular flexibility index (Phi) is 4.29. The fourth-order valence-corrected chi connectivity index (χ4v) is 3.42. The van der Waals surface area contributed by atoms with Gasteiger partial charge in [0.1, 0.15) is 11.3 Å². The lowest BCUT2D eigenvalue weighted by Crippen LogP contribution is -2.26. The molecule has 5 rings (SSSR count). The largest absolute Gasteiger partial charge is 0.463 e. The van der Waals surface area contributed by atoms with Crippen molar-refractivity contribution in [2.75, 3.05) is 6.54 Å². The van der Waals surface area contributed by atoms with Crippen LogP contribution in [0.2, 0.25) is 0 Å². The third-order valence-electron chi connectivity index (χ3n) is 4.82. The van der Waals surface area contributed by atoms with Gasteiger partial charge in [-0.2, -0.15) is 0 Å². The maximum atomic E-state index is 12.9. The second-order valence-electron chi connectivity index (χ2n) is 6.75. The summed E-state index contributed by atoms with van der Waals surface area (Å²) in [7, 11) is 0. The van der Waals surface area contributed by atoms with Crippen LogP contribution in [0.25, 0.3) is 28.0 Å². The quantitative estimate of drug-likeness (QED) is 0.496. The van der Waals surface area contributed by atoms with Gasteiger partial charge < -0.3 is 14.1 Å². The number of aromatic nitrogens is 3. The Morgan fingerprint density at radius 2 is 1.93 bits per heavy atom. The Hall–Kier alpha value is -3.93. The molecule has 0 aliphatic carbocycles. The average molecular weight is 382 g/mol. The third-order valence-corrected chi connectivity index (χ3v) is 4.82. The van der Waals surface area contributed by atoms with Gasteiger partial charge >= 0.3 is 0 Å². The molecule has 0 aliphatic heterocycles. The fourth-order valence-electron chi connectivity index (χ4n) is 3.42. The number of fused-ring (bicyclic) bond motifs is 2. The van der Waals surface area contributed by atoms with Gasteiger partial charge in [0, 0.05) is 30.7 Å². The summed E-state index contributed by atoms with van der Waals surface area (Å²) in [6, 6.07) is 18.9. The number of benzene rings is 1. The lowest BCUT2D eigenvalue weighted by atomic mass is 10.1. The van der Waals surface area contributed by atoms with Gasteiger partial charge in [0.25, 0.3) is 5.91 Å². The fraction of sp³-hybridized carbons (Fsp3) is 0.0870. The molecule has 6 heteroatoms. The number of hydrogen-bond donors (Lipinski definition) is 1. The number of nitrogens with one attached hydrogen (secondary N) is 1. The number of para-hydroxylation sites is 1. The molecule has 0 spiro atoms. The molecule has 0 saturated carbocycles. The van der Waals surface area contributed by atoms with Crippen molar-refractivity contribution < 1.29 is 9.21 Å². The SMILES string of the molecule is O=C(NCCc1cn2ccccc2n1)c1cc(-c2ccco2)nc2ccccc12. The second kappa shape index (κ2) is 7.24. The molecule has 0 fully saturated rings. The smallest absolute Gasteiger partial charge is 0.252 e. The van der Waals surface area contributed by atoms with Crippen LogP contribution in [-0.2, 0) is 6.42 Å². The first-order valence-electron chi connectivity index (χ1n) is 9.42. The summed E-state index contributed by atoms with van der Waals surface area (Å²) < 4.78 is 7.44. The maximum Gasteiger partial charge on any atom is 0.252 e. The Morgan fingerprint density at radius 3 is 2.79 bits per heavy atom. The first-order valence-corrected chi connectivity index (χ1v) is 9.42. The summed E-state index contributed by atoms with van der Waals surface area (Å²) in [5.74, 6) is 0.495. The molecule has 29 heavy (non-hydrogen) atoms. The van der Waals surface area contributed by atoms with Crippen LogP contribution in [0.3, 0.4) is 0 Å². The molecule has 0 aliphatic rings. The first-order chi connectivity index (χ1) is 14.3. The highest BCUT2D eigenvalue weighted by Gasteiger charge is 2.15. The number of imidazole rings is 1. The molecule has 0 saturated heterocycles. The van der Waals surface area contributed by atoms with Gasteiger partial charge in [-0.05, 0) is 36.4 Å². The van der Waals surface area contributed by atoms with Crippen molar-refractivity contribution in [1.82, 2.24) is 19.7 Å². The molecule has 0 radical (unpaired) electrons. The number of carbonyl (C=O) groups excluding carboxylic acids is 1. The number of rotatable bonds is 5. The lowest BCUT2D eigenvalue weighted by molar-refractivity contribution is 0.0955. The van der Waals surface area contributed by atoms with Crippen molar-refractivity contribution in [3.8, 4) is 11.5 Å². The van der Waals surface area contributed by atoms with E-state index in [-0.39, 0.29) is 5.91 Å². The summed E-state index contributed by atoms with van der Waals surface area (Å²) in [6.07, 6.45) is 6.20. The number of pyridine rings is 2. The summed E-state index contributed by atoms with van der Waals surface area (Å²) in [5, 5.41) is 3.82. The van der Waals surface area contributed by atoms with Gasteiger partial charge in [0.2, 0.25) is 0 Å². The van der Waals surface area contributed by atoms with Crippen LogP contribution in [0, 0.1) is 0 Å². The average Bonchev–Trinajstić information content (AvgIpc) is 3.42. The van der Waals surface area contributed by atoms with Crippen molar-refractivity contribution in [1.29, 1.82) is 0 Å². The van der Waals surface area contributed by atoms with Crippen LogP contribution >= 0.6 is 0 Å². The highest BCUT2D eigenvalue weighted by Crippen LogP contribution is 2.25. The van der Waals surface area contributed by atoms with Crippen molar-refractivity contribution in [3.05, 3.63) is 90.6 Å². The molecule has 0 atom stereocenters. The number of hydrogen-bond acceptors (Lipinski definition) is 4. The molecule has 5 aromatic rings. The minimum atomic E-state index is -0.139. The van der Waals surface area contributed by atoms with E-state index in [0.29, 0.717) is 30.0 Å². The molecule has 0 unspecified atom stereocenters. The molecular weight excluding hydrogens is 364 g/mol. The Balaban J connectivity index is 1.38. The zero-order valence-corrected chi connectivity index (χ0v) is 15.6. The lowest BCUT2D eigenvalue weighted by Gasteiger charge is -2.09. The topological polar surface area (TPSA) is 72.4 Å². The Bertz CT molecular complexity index is 1270. The van der Waals surface area contributed by atoms with E-state index in [1.807, 2.05) is 65.3 Å². The molecular formula is C23H18N4O2. The molecule has 4 aromatic heterocycles. The maximum absolute atomic E-state index is 12.9. The van der Waals surface area contributed by atoms with E-state index in [4.69, 9.17) is 4.42 Å². The molecule has 1 aromatic carbocycles. The predicted octanol–water partition coefficient (Wildman–Crippen LogP) is 4.12. The first kappa shape index (κ1) is 17.2. The number of amides is 1. The van der Waals surface area contributed by atoms with E-state index in [2.05, 4.69) is 15.3 Å². The van der Waals surface area contributed by atoms with Crippen LogP contribution in [0.4, 0.5) is 0 Å². The van der Waals surface area contributed by atoms with Crippen LogP contribution in [0.1, 0.15) is 16.1 Å². The molecule has 1 N–H and O–H groups in total.